The second-order valence-corrected chi connectivity index (χ2v) is 4.70. The van der Waals surface area contributed by atoms with E-state index in [0.717, 1.165) is 10.4 Å². The highest BCUT2D eigenvalue weighted by Crippen LogP contribution is 2.33. The lowest BCUT2D eigenvalue weighted by Crippen LogP contribution is -2.22. The molecule has 0 aliphatic rings. The van der Waals surface area contributed by atoms with Crippen LogP contribution in [-0.4, -0.2) is 12.5 Å². The van der Waals surface area contributed by atoms with E-state index in [1.165, 1.54) is 11.3 Å². The van der Waals surface area contributed by atoms with E-state index >= 15 is 0 Å². The number of carbonyl (C=O) groups excluding carboxylic acids is 1. The molecule has 0 saturated heterocycles. The molecule has 0 spiro atoms. The lowest BCUT2D eigenvalue weighted by molar-refractivity contribution is 0.0957. The van der Waals surface area contributed by atoms with Crippen LogP contribution in [-0.2, 0) is 0 Å². The Kier molecular flexibility index (Phi) is 3.44. The second kappa shape index (κ2) is 5.01. The SMILES string of the molecule is CCNC(=O)c1cc(-c2ccccc2)sc1N. The lowest BCUT2D eigenvalue weighted by atomic mass is 10.1. The van der Waals surface area contributed by atoms with Gasteiger partial charge < -0.3 is 11.1 Å². The van der Waals surface area contributed by atoms with Crippen molar-refractivity contribution in [2.75, 3.05) is 12.3 Å². The highest BCUT2D eigenvalue weighted by atomic mass is 32.1. The standard InChI is InChI=1S/C13H14N2OS/c1-2-15-13(16)10-8-11(17-12(10)14)9-6-4-3-5-7-9/h3-8H,2,14H2,1H3,(H,15,16). The Labute approximate surface area is 104 Å². The maximum absolute atomic E-state index is 11.7. The number of rotatable bonds is 3. The zero-order chi connectivity index (χ0) is 12.3. The molecule has 0 fully saturated rings. The summed E-state index contributed by atoms with van der Waals surface area (Å²) < 4.78 is 0. The monoisotopic (exact) mass is 246 g/mol. The summed E-state index contributed by atoms with van der Waals surface area (Å²) in [6, 6.07) is 11.8. The molecule has 17 heavy (non-hydrogen) atoms. The molecule has 4 heteroatoms. The third kappa shape index (κ3) is 2.47. The first kappa shape index (κ1) is 11.7. The summed E-state index contributed by atoms with van der Waals surface area (Å²) in [4.78, 5) is 12.7. The van der Waals surface area contributed by atoms with Crippen molar-refractivity contribution < 1.29 is 4.79 Å². The van der Waals surface area contributed by atoms with Crippen LogP contribution < -0.4 is 11.1 Å². The Morgan fingerprint density at radius 2 is 2.06 bits per heavy atom. The highest BCUT2D eigenvalue weighted by molar-refractivity contribution is 7.19. The first-order chi connectivity index (χ1) is 8.22. The molecule has 3 N–H and O–H groups in total. The number of hydrogen-bond donors (Lipinski definition) is 2. The minimum Gasteiger partial charge on any atom is -0.390 e. The van der Waals surface area contributed by atoms with Crippen molar-refractivity contribution in [2.24, 2.45) is 0 Å². The van der Waals surface area contributed by atoms with Crippen LogP contribution in [0.25, 0.3) is 10.4 Å². The van der Waals surface area contributed by atoms with Crippen molar-refractivity contribution in [3.8, 4) is 10.4 Å². The predicted molar refractivity (Wildman–Crippen MR) is 72.2 cm³/mol. The van der Waals surface area contributed by atoms with Crippen molar-refractivity contribution in [3.05, 3.63) is 42.0 Å². The molecule has 88 valence electrons. The quantitative estimate of drug-likeness (QED) is 0.875. The minimum absolute atomic E-state index is 0.108. The molecule has 0 unspecified atom stereocenters. The van der Waals surface area contributed by atoms with E-state index in [0.29, 0.717) is 17.1 Å². The molecule has 0 saturated carbocycles. The van der Waals surface area contributed by atoms with Crippen LogP contribution >= 0.6 is 11.3 Å². The van der Waals surface area contributed by atoms with Crippen molar-refractivity contribution >= 4 is 22.2 Å². The first-order valence-corrected chi connectivity index (χ1v) is 6.27. The number of anilines is 1. The van der Waals surface area contributed by atoms with Gasteiger partial charge in [-0.1, -0.05) is 30.3 Å². The predicted octanol–water partition coefficient (Wildman–Crippen LogP) is 2.75. The smallest absolute Gasteiger partial charge is 0.254 e. The van der Waals surface area contributed by atoms with Gasteiger partial charge in [0, 0.05) is 11.4 Å². The third-order valence-electron chi connectivity index (χ3n) is 2.40. The summed E-state index contributed by atoms with van der Waals surface area (Å²) in [7, 11) is 0. The number of nitrogens with one attached hydrogen (secondary N) is 1. The average Bonchev–Trinajstić information content (AvgIpc) is 2.73. The third-order valence-corrected chi connectivity index (χ3v) is 3.41. The van der Waals surface area contributed by atoms with Gasteiger partial charge in [-0.15, -0.1) is 11.3 Å². The molecule has 0 aliphatic carbocycles. The van der Waals surface area contributed by atoms with Gasteiger partial charge in [0.05, 0.1) is 10.6 Å². The van der Waals surface area contributed by atoms with Gasteiger partial charge in [0.15, 0.2) is 0 Å². The van der Waals surface area contributed by atoms with Crippen LogP contribution in [0.3, 0.4) is 0 Å². The van der Waals surface area contributed by atoms with Gasteiger partial charge in [0.2, 0.25) is 0 Å². The number of thiophene rings is 1. The molecular weight excluding hydrogens is 232 g/mol. The zero-order valence-corrected chi connectivity index (χ0v) is 10.4. The van der Waals surface area contributed by atoms with Crippen LogP contribution in [0.1, 0.15) is 17.3 Å². The molecule has 1 aromatic heterocycles. The van der Waals surface area contributed by atoms with Crippen LogP contribution in [0, 0.1) is 0 Å². The Bertz CT molecular complexity index is 519. The fourth-order valence-electron chi connectivity index (χ4n) is 1.58. The summed E-state index contributed by atoms with van der Waals surface area (Å²) in [5.74, 6) is -0.108. The van der Waals surface area contributed by atoms with Gasteiger partial charge in [0.25, 0.3) is 5.91 Å². The van der Waals surface area contributed by atoms with Crippen LogP contribution in [0.15, 0.2) is 36.4 Å². The first-order valence-electron chi connectivity index (χ1n) is 5.45. The summed E-state index contributed by atoms with van der Waals surface area (Å²) in [5.41, 5.74) is 7.52. The molecule has 3 nitrogen and oxygen atoms in total. The van der Waals surface area contributed by atoms with Gasteiger partial charge in [-0.05, 0) is 18.6 Å². The topological polar surface area (TPSA) is 55.1 Å². The van der Waals surface area contributed by atoms with Gasteiger partial charge >= 0.3 is 0 Å². The van der Waals surface area contributed by atoms with E-state index in [1.54, 1.807) is 0 Å². The van der Waals surface area contributed by atoms with E-state index in [9.17, 15) is 4.79 Å². The Morgan fingerprint density at radius 1 is 1.35 bits per heavy atom. The Hall–Kier alpha value is -1.81. The van der Waals surface area contributed by atoms with E-state index < -0.39 is 0 Å². The summed E-state index contributed by atoms with van der Waals surface area (Å²) in [6.07, 6.45) is 0. The molecule has 1 heterocycles. The molecule has 0 radical (unpaired) electrons. The van der Waals surface area contributed by atoms with Gasteiger partial charge in [-0.2, -0.15) is 0 Å². The fourth-order valence-corrected chi connectivity index (χ4v) is 2.51. The summed E-state index contributed by atoms with van der Waals surface area (Å²) >= 11 is 1.44. The molecule has 2 rings (SSSR count). The van der Waals surface area contributed by atoms with Crippen LogP contribution in [0.2, 0.25) is 0 Å². The molecule has 0 atom stereocenters. The molecule has 1 aromatic carbocycles. The highest BCUT2D eigenvalue weighted by Gasteiger charge is 2.13. The molecule has 0 bridgehead atoms. The molecule has 2 aromatic rings. The van der Waals surface area contributed by atoms with Crippen molar-refractivity contribution in [1.29, 1.82) is 0 Å². The minimum atomic E-state index is -0.108. The van der Waals surface area contributed by atoms with Gasteiger partial charge in [0.1, 0.15) is 0 Å². The van der Waals surface area contributed by atoms with Gasteiger partial charge in [-0.3, -0.25) is 4.79 Å². The van der Waals surface area contributed by atoms with Crippen molar-refractivity contribution in [1.82, 2.24) is 5.32 Å². The summed E-state index contributed by atoms with van der Waals surface area (Å²) in [6.45, 7) is 2.49. The van der Waals surface area contributed by atoms with Crippen molar-refractivity contribution in [2.45, 2.75) is 6.92 Å². The van der Waals surface area contributed by atoms with E-state index in [1.807, 2.05) is 43.3 Å². The average molecular weight is 246 g/mol. The summed E-state index contributed by atoms with van der Waals surface area (Å²) in [5, 5.41) is 3.32. The Balaban J connectivity index is 2.34. The maximum Gasteiger partial charge on any atom is 0.254 e. The number of amides is 1. The largest absolute Gasteiger partial charge is 0.390 e. The maximum atomic E-state index is 11.7. The molecule has 0 aliphatic heterocycles. The van der Waals surface area contributed by atoms with Crippen LogP contribution in [0.5, 0.6) is 0 Å². The number of nitrogens with two attached hydrogens (primary N) is 1. The number of nitrogen functional groups attached to an aromatic ring is 1. The zero-order valence-electron chi connectivity index (χ0n) is 9.57. The molecule has 1 amide bonds. The van der Waals surface area contributed by atoms with Crippen LogP contribution in [0.4, 0.5) is 5.00 Å². The van der Waals surface area contributed by atoms with E-state index in [2.05, 4.69) is 5.32 Å². The second-order valence-electron chi connectivity index (χ2n) is 3.61. The van der Waals surface area contributed by atoms with Crippen molar-refractivity contribution in [3.63, 3.8) is 0 Å². The van der Waals surface area contributed by atoms with Gasteiger partial charge in [-0.25, -0.2) is 0 Å². The van der Waals surface area contributed by atoms with E-state index in [4.69, 9.17) is 5.73 Å². The lowest BCUT2D eigenvalue weighted by Gasteiger charge is -1.99. The normalized spacial score (nSPS) is 10.2. The van der Waals surface area contributed by atoms with E-state index in [-0.39, 0.29) is 5.91 Å². The number of hydrogen-bond acceptors (Lipinski definition) is 3. The Morgan fingerprint density at radius 3 is 2.71 bits per heavy atom. The molecular formula is C13H14N2OS. The number of carbonyl (C=O) groups is 1. The number of benzene rings is 1. The fraction of sp³-hybridized carbons (Fsp3) is 0.154.